The van der Waals surface area contributed by atoms with Crippen LogP contribution in [0.25, 0.3) is 0 Å². The number of hydrogen-bond donors (Lipinski definition) is 1. The molecule has 0 bridgehead atoms. The number of anilines is 1. The number of nitrogens with two attached hydrogens (primary N) is 1. The van der Waals surface area contributed by atoms with Crippen LogP contribution in [-0.4, -0.2) is 71.8 Å². The van der Waals surface area contributed by atoms with Crippen LogP contribution in [0.4, 0.5) is 10.1 Å². The summed E-state index contributed by atoms with van der Waals surface area (Å²) in [6, 6.07) is 4.24. The van der Waals surface area contributed by atoms with Gasteiger partial charge in [0.05, 0.1) is 11.5 Å². The highest BCUT2D eigenvalue weighted by Crippen LogP contribution is 2.38. The quantitative estimate of drug-likeness (QED) is 0.635. The molecule has 0 spiro atoms. The van der Waals surface area contributed by atoms with Crippen molar-refractivity contribution in [2.45, 2.75) is 25.3 Å². The van der Waals surface area contributed by atoms with Gasteiger partial charge in [0.1, 0.15) is 5.82 Å². The Balaban J connectivity index is 1.33. The Morgan fingerprint density at radius 2 is 1.82 bits per heavy atom. The van der Waals surface area contributed by atoms with Crippen LogP contribution in [0.5, 0.6) is 0 Å². The van der Waals surface area contributed by atoms with E-state index in [2.05, 4.69) is 11.5 Å². The molecule has 4 rings (SSSR count). The Morgan fingerprint density at radius 1 is 1.11 bits per heavy atom. The predicted molar refractivity (Wildman–Crippen MR) is 105 cm³/mol. The normalized spacial score (nSPS) is 25.7. The summed E-state index contributed by atoms with van der Waals surface area (Å²) in [6.45, 7) is 8.17. The molecule has 28 heavy (non-hydrogen) atoms. The number of rotatable bonds is 3. The zero-order valence-electron chi connectivity index (χ0n) is 16.1. The lowest BCUT2D eigenvalue weighted by Crippen LogP contribution is -2.56. The Hall–Kier alpha value is -2.41. The summed E-state index contributed by atoms with van der Waals surface area (Å²) < 4.78 is 13.5. The van der Waals surface area contributed by atoms with E-state index >= 15 is 0 Å². The van der Waals surface area contributed by atoms with Crippen LogP contribution in [-0.2, 0) is 4.79 Å². The third kappa shape index (κ3) is 3.76. The first kappa shape index (κ1) is 18.9. The van der Waals surface area contributed by atoms with Crippen LogP contribution in [0, 0.1) is 11.7 Å². The molecule has 2 aliphatic heterocycles. The number of amides is 2. The van der Waals surface area contributed by atoms with Crippen molar-refractivity contribution in [3.8, 4) is 0 Å². The van der Waals surface area contributed by atoms with Gasteiger partial charge < -0.3 is 15.5 Å². The SMILES string of the molecule is C=C1CC1C(=O)N1CCCC(N2CCN(C(=O)c3cc(F)ccc3N)CC2)C1. The Bertz CT molecular complexity index is 804. The molecule has 1 aliphatic carbocycles. The van der Waals surface area contributed by atoms with Crippen molar-refractivity contribution in [1.29, 1.82) is 0 Å². The monoisotopic (exact) mass is 386 g/mol. The molecular formula is C21H27FN4O2. The van der Waals surface area contributed by atoms with Crippen molar-refractivity contribution in [3.63, 3.8) is 0 Å². The molecule has 2 heterocycles. The highest BCUT2D eigenvalue weighted by Gasteiger charge is 2.40. The molecule has 1 aromatic rings. The van der Waals surface area contributed by atoms with E-state index in [9.17, 15) is 14.0 Å². The van der Waals surface area contributed by atoms with Crippen LogP contribution in [0.15, 0.2) is 30.4 Å². The van der Waals surface area contributed by atoms with Gasteiger partial charge in [0.15, 0.2) is 0 Å². The van der Waals surface area contributed by atoms with E-state index in [0.717, 1.165) is 51.0 Å². The number of likely N-dealkylation sites (tertiary alicyclic amines) is 1. The predicted octanol–water partition coefficient (Wildman–Crippen LogP) is 1.73. The van der Waals surface area contributed by atoms with E-state index in [1.807, 2.05) is 4.90 Å². The molecule has 1 saturated carbocycles. The van der Waals surface area contributed by atoms with Crippen molar-refractivity contribution in [2.75, 3.05) is 45.0 Å². The van der Waals surface area contributed by atoms with Crippen molar-refractivity contribution >= 4 is 17.5 Å². The summed E-state index contributed by atoms with van der Waals surface area (Å²) in [6.07, 6.45) is 2.92. The lowest BCUT2D eigenvalue weighted by atomic mass is 10.0. The second-order valence-corrected chi connectivity index (χ2v) is 8.06. The fourth-order valence-electron chi connectivity index (χ4n) is 4.31. The Labute approximate surface area is 164 Å². The molecule has 0 radical (unpaired) electrons. The largest absolute Gasteiger partial charge is 0.398 e. The van der Waals surface area contributed by atoms with Gasteiger partial charge in [0.25, 0.3) is 5.91 Å². The van der Waals surface area contributed by atoms with Gasteiger partial charge in [-0.05, 0) is 37.5 Å². The molecule has 6 nitrogen and oxygen atoms in total. The molecule has 0 aromatic heterocycles. The van der Waals surface area contributed by atoms with Crippen molar-refractivity contribution < 1.29 is 14.0 Å². The summed E-state index contributed by atoms with van der Waals surface area (Å²) >= 11 is 0. The zero-order valence-corrected chi connectivity index (χ0v) is 16.1. The van der Waals surface area contributed by atoms with Gasteiger partial charge in [-0.2, -0.15) is 0 Å². The lowest BCUT2D eigenvalue weighted by molar-refractivity contribution is -0.134. The van der Waals surface area contributed by atoms with Crippen LogP contribution in [0.3, 0.4) is 0 Å². The maximum absolute atomic E-state index is 13.5. The number of benzene rings is 1. The fraction of sp³-hybridized carbons (Fsp3) is 0.524. The average Bonchev–Trinajstić information content (AvgIpc) is 3.45. The van der Waals surface area contributed by atoms with Crippen LogP contribution in [0.1, 0.15) is 29.6 Å². The molecule has 150 valence electrons. The summed E-state index contributed by atoms with van der Waals surface area (Å²) in [4.78, 5) is 31.3. The minimum absolute atomic E-state index is 0.0462. The molecule has 1 aromatic carbocycles. The molecule has 2 N–H and O–H groups in total. The number of piperidine rings is 1. The standard InChI is InChI=1S/C21H27FN4O2/c1-14-11-17(14)20(27)26-6-2-3-16(13-26)24-7-9-25(10-8-24)21(28)18-12-15(22)4-5-19(18)23/h4-5,12,16-17H,1-3,6-11,13,23H2. The molecule has 2 unspecified atom stereocenters. The van der Waals surface area contributed by atoms with Crippen molar-refractivity contribution in [2.24, 2.45) is 5.92 Å². The van der Waals surface area contributed by atoms with Gasteiger partial charge in [-0.15, -0.1) is 0 Å². The molecular weight excluding hydrogens is 359 g/mol. The van der Waals surface area contributed by atoms with Gasteiger partial charge in [0, 0.05) is 51.0 Å². The Morgan fingerprint density at radius 3 is 2.50 bits per heavy atom. The summed E-state index contributed by atoms with van der Waals surface area (Å²) in [5, 5.41) is 0. The maximum atomic E-state index is 13.5. The zero-order chi connectivity index (χ0) is 19.8. The van der Waals surface area contributed by atoms with Gasteiger partial charge in [0.2, 0.25) is 5.91 Å². The number of halogens is 1. The van der Waals surface area contributed by atoms with Gasteiger partial charge in [-0.1, -0.05) is 12.2 Å². The molecule has 3 aliphatic rings. The van der Waals surface area contributed by atoms with Crippen LogP contribution >= 0.6 is 0 Å². The smallest absolute Gasteiger partial charge is 0.256 e. The Kier molecular flexibility index (Phi) is 5.10. The lowest BCUT2D eigenvalue weighted by Gasteiger charge is -2.43. The first-order valence-corrected chi connectivity index (χ1v) is 9.99. The van der Waals surface area contributed by atoms with E-state index in [1.54, 1.807) is 4.90 Å². The number of carbonyl (C=O) groups is 2. The van der Waals surface area contributed by atoms with E-state index in [0.29, 0.717) is 24.8 Å². The number of hydrogen-bond acceptors (Lipinski definition) is 4. The molecule has 3 fully saturated rings. The highest BCUT2D eigenvalue weighted by molar-refractivity contribution is 5.99. The van der Waals surface area contributed by atoms with Crippen LogP contribution in [0.2, 0.25) is 0 Å². The van der Waals surface area contributed by atoms with E-state index < -0.39 is 5.82 Å². The number of nitrogens with zero attached hydrogens (tertiary/aromatic N) is 3. The maximum Gasteiger partial charge on any atom is 0.256 e. The number of carbonyl (C=O) groups excluding carboxylic acids is 2. The average molecular weight is 386 g/mol. The van der Waals surface area contributed by atoms with E-state index in [-0.39, 0.29) is 23.3 Å². The highest BCUT2D eigenvalue weighted by atomic mass is 19.1. The first-order chi connectivity index (χ1) is 13.4. The minimum Gasteiger partial charge on any atom is -0.398 e. The topological polar surface area (TPSA) is 69.9 Å². The summed E-state index contributed by atoms with van der Waals surface area (Å²) in [7, 11) is 0. The minimum atomic E-state index is -0.457. The first-order valence-electron chi connectivity index (χ1n) is 9.99. The third-order valence-electron chi connectivity index (χ3n) is 6.17. The van der Waals surface area contributed by atoms with Gasteiger partial charge in [-0.3, -0.25) is 14.5 Å². The number of nitrogen functional groups attached to an aromatic ring is 1. The fourth-order valence-corrected chi connectivity index (χ4v) is 4.31. The van der Waals surface area contributed by atoms with Gasteiger partial charge >= 0.3 is 0 Å². The molecule has 2 atom stereocenters. The van der Waals surface area contributed by atoms with E-state index in [1.165, 1.54) is 18.2 Å². The van der Waals surface area contributed by atoms with Crippen molar-refractivity contribution in [1.82, 2.24) is 14.7 Å². The summed E-state index contributed by atoms with van der Waals surface area (Å²) in [5.74, 6) is -0.402. The second kappa shape index (κ2) is 7.54. The van der Waals surface area contributed by atoms with Gasteiger partial charge in [-0.25, -0.2) is 4.39 Å². The molecule has 2 saturated heterocycles. The molecule has 7 heteroatoms. The van der Waals surface area contributed by atoms with Crippen molar-refractivity contribution in [3.05, 3.63) is 41.7 Å². The van der Waals surface area contributed by atoms with E-state index in [4.69, 9.17) is 5.73 Å². The number of piperazine rings is 1. The summed E-state index contributed by atoms with van der Waals surface area (Å²) in [5.41, 5.74) is 7.44. The third-order valence-corrected chi connectivity index (χ3v) is 6.17. The second-order valence-electron chi connectivity index (χ2n) is 8.06. The van der Waals surface area contributed by atoms with Crippen LogP contribution < -0.4 is 5.73 Å². The molecule has 2 amide bonds.